The van der Waals surface area contributed by atoms with Gasteiger partial charge in [0.1, 0.15) is 0 Å². The summed E-state index contributed by atoms with van der Waals surface area (Å²) in [6.45, 7) is 6.90. The number of allylic oxidation sites excluding steroid dienone is 1. The van der Waals surface area contributed by atoms with Crippen molar-refractivity contribution < 1.29 is 0 Å². The first-order valence-electron chi connectivity index (χ1n) is 5.82. The molecule has 0 aliphatic heterocycles. The third-order valence-electron chi connectivity index (χ3n) is 2.40. The van der Waals surface area contributed by atoms with Gasteiger partial charge in [-0.15, -0.1) is 0 Å². The number of fused-ring (bicyclic) bond motifs is 1. The second kappa shape index (κ2) is 4.64. The number of hydrogen-bond donors (Lipinski definition) is 1. The van der Waals surface area contributed by atoms with Gasteiger partial charge in [-0.1, -0.05) is 49.5 Å². The molecular weight excluding hydrogens is 222 g/mol. The van der Waals surface area contributed by atoms with Gasteiger partial charge in [0.15, 0.2) is 0 Å². The molecule has 0 bridgehead atoms. The second-order valence-corrected chi connectivity index (χ2v) is 10.3. The van der Waals surface area contributed by atoms with E-state index in [1.165, 1.54) is 5.39 Å². The lowest BCUT2D eigenvalue weighted by atomic mass is 10.2. The number of rotatable bonds is 1. The summed E-state index contributed by atoms with van der Waals surface area (Å²) in [6, 6.07) is 10.3. The first-order chi connectivity index (χ1) is 8.04. The molecule has 0 aliphatic carbocycles. The third kappa shape index (κ3) is 3.37. The number of H-pyrrole nitrogens is 1. The lowest BCUT2D eigenvalue weighted by molar-refractivity contribution is 1.42. The van der Waals surface area contributed by atoms with Crippen LogP contribution in [0.5, 0.6) is 0 Å². The Morgan fingerprint density at radius 1 is 1.18 bits per heavy atom. The van der Waals surface area contributed by atoms with Gasteiger partial charge in [-0.25, -0.2) is 0 Å². The fourth-order valence-corrected chi connectivity index (χ4v) is 2.14. The molecule has 1 aromatic heterocycles. The molecule has 1 nitrogen and oxygen atoms in total. The van der Waals surface area contributed by atoms with E-state index in [-0.39, 0.29) is 0 Å². The molecule has 0 unspecified atom stereocenters. The number of hydrogen-bond acceptors (Lipinski definition) is 0. The second-order valence-electron chi connectivity index (χ2n) is 5.24. The Labute approximate surface area is 104 Å². The van der Waals surface area contributed by atoms with E-state index in [2.05, 4.69) is 60.4 Å². The molecule has 0 atom stereocenters. The van der Waals surface area contributed by atoms with E-state index in [0.717, 1.165) is 11.2 Å². The standard InChI is InChI=1S/C15H17NSi/c1-17(2,3)11-7-6-9-14-12-13-8-4-5-10-15(13)16-14/h4-5,7-8,10-12,16H,1-3H3/b11-7+. The van der Waals surface area contributed by atoms with Crippen LogP contribution in [0.4, 0.5) is 0 Å². The molecule has 0 spiro atoms. The highest BCUT2D eigenvalue weighted by atomic mass is 28.3. The molecule has 0 radical (unpaired) electrons. The van der Waals surface area contributed by atoms with Gasteiger partial charge < -0.3 is 4.98 Å². The van der Waals surface area contributed by atoms with Gasteiger partial charge in [0, 0.05) is 10.9 Å². The number of benzene rings is 1. The Hall–Kier alpha value is -1.72. The number of aromatic amines is 1. The minimum atomic E-state index is -1.12. The van der Waals surface area contributed by atoms with E-state index in [1.807, 2.05) is 18.2 Å². The van der Waals surface area contributed by atoms with Crippen molar-refractivity contribution in [3.05, 3.63) is 47.8 Å². The average Bonchev–Trinajstić information content (AvgIpc) is 2.65. The molecule has 1 heterocycles. The summed E-state index contributed by atoms with van der Waals surface area (Å²) in [5.41, 5.74) is 4.38. The number of aromatic nitrogens is 1. The van der Waals surface area contributed by atoms with Gasteiger partial charge in [0.05, 0.1) is 13.8 Å². The number of nitrogens with one attached hydrogen (secondary N) is 1. The van der Waals surface area contributed by atoms with Crippen LogP contribution in [-0.4, -0.2) is 13.1 Å². The lowest BCUT2D eigenvalue weighted by Gasteiger charge is -2.05. The Morgan fingerprint density at radius 2 is 1.94 bits per heavy atom. The summed E-state index contributed by atoms with van der Waals surface area (Å²) in [4.78, 5) is 3.30. The van der Waals surface area contributed by atoms with Gasteiger partial charge in [0.2, 0.25) is 0 Å². The molecule has 2 heteroatoms. The Morgan fingerprint density at radius 3 is 2.65 bits per heavy atom. The molecule has 17 heavy (non-hydrogen) atoms. The van der Waals surface area contributed by atoms with Crippen LogP contribution in [0.15, 0.2) is 42.1 Å². The van der Waals surface area contributed by atoms with E-state index >= 15 is 0 Å². The van der Waals surface area contributed by atoms with Crippen LogP contribution in [0.25, 0.3) is 10.9 Å². The zero-order valence-corrected chi connectivity index (χ0v) is 11.5. The maximum atomic E-state index is 3.30. The molecule has 1 aromatic carbocycles. The number of para-hydroxylation sites is 1. The van der Waals surface area contributed by atoms with Crippen molar-refractivity contribution in [1.82, 2.24) is 4.98 Å². The van der Waals surface area contributed by atoms with Crippen molar-refractivity contribution in [2.75, 3.05) is 0 Å². The van der Waals surface area contributed by atoms with Gasteiger partial charge in [-0.2, -0.15) is 0 Å². The molecule has 2 aromatic rings. The molecule has 2 rings (SSSR count). The summed E-state index contributed by atoms with van der Waals surface area (Å²) in [7, 11) is -1.12. The maximum absolute atomic E-state index is 3.30. The highest BCUT2D eigenvalue weighted by molar-refractivity contribution is 6.81. The minimum Gasteiger partial charge on any atom is -0.348 e. The maximum Gasteiger partial charge on any atom is 0.0907 e. The van der Waals surface area contributed by atoms with Crippen molar-refractivity contribution >= 4 is 19.0 Å². The lowest BCUT2D eigenvalue weighted by Crippen LogP contribution is -2.14. The molecule has 0 saturated carbocycles. The van der Waals surface area contributed by atoms with Crippen LogP contribution in [0.1, 0.15) is 5.69 Å². The normalized spacial score (nSPS) is 11.7. The smallest absolute Gasteiger partial charge is 0.0907 e. The predicted octanol–water partition coefficient (Wildman–Crippen LogP) is 3.95. The Kier molecular flexibility index (Phi) is 3.21. The van der Waals surface area contributed by atoms with Gasteiger partial charge in [-0.3, -0.25) is 0 Å². The Bertz CT molecular complexity index is 570. The van der Waals surface area contributed by atoms with E-state index in [1.54, 1.807) is 0 Å². The molecule has 86 valence electrons. The molecule has 0 amide bonds. The van der Waals surface area contributed by atoms with Gasteiger partial charge in [0.25, 0.3) is 0 Å². The van der Waals surface area contributed by atoms with Crippen molar-refractivity contribution in [2.24, 2.45) is 0 Å². The largest absolute Gasteiger partial charge is 0.348 e. The molecule has 0 saturated heterocycles. The van der Waals surface area contributed by atoms with Crippen LogP contribution in [-0.2, 0) is 0 Å². The first-order valence-corrected chi connectivity index (χ1v) is 9.39. The third-order valence-corrected chi connectivity index (χ3v) is 3.57. The van der Waals surface area contributed by atoms with Crippen molar-refractivity contribution in [3.63, 3.8) is 0 Å². The van der Waals surface area contributed by atoms with E-state index in [9.17, 15) is 0 Å². The highest BCUT2D eigenvalue weighted by Crippen LogP contribution is 2.13. The fourth-order valence-electron chi connectivity index (χ4n) is 1.55. The SMILES string of the molecule is C[Si](C)(C)/C=C/C#Cc1cc2ccccc2[nH]1. The quantitative estimate of drug-likeness (QED) is 0.573. The highest BCUT2D eigenvalue weighted by Gasteiger charge is 2.05. The van der Waals surface area contributed by atoms with E-state index in [0.29, 0.717) is 0 Å². The monoisotopic (exact) mass is 239 g/mol. The summed E-state index contributed by atoms with van der Waals surface area (Å²) in [5, 5.41) is 1.21. The van der Waals surface area contributed by atoms with Gasteiger partial charge >= 0.3 is 0 Å². The summed E-state index contributed by atoms with van der Waals surface area (Å²) < 4.78 is 0. The molecule has 0 aliphatic rings. The van der Waals surface area contributed by atoms with Crippen LogP contribution >= 0.6 is 0 Å². The van der Waals surface area contributed by atoms with Crippen LogP contribution in [0.3, 0.4) is 0 Å². The average molecular weight is 239 g/mol. The molecule has 0 fully saturated rings. The zero-order valence-electron chi connectivity index (χ0n) is 10.5. The van der Waals surface area contributed by atoms with E-state index < -0.39 is 8.07 Å². The van der Waals surface area contributed by atoms with E-state index in [4.69, 9.17) is 0 Å². The summed E-state index contributed by atoms with van der Waals surface area (Å²) in [5.74, 6) is 6.23. The van der Waals surface area contributed by atoms with Crippen molar-refractivity contribution in [2.45, 2.75) is 19.6 Å². The molecule has 1 N–H and O–H groups in total. The zero-order chi connectivity index (χ0) is 12.3. The predicted molar refractivity (Wildman–Crippen MR) is 77.7 cm³/mol. The van der Waals surface area contributed by atoms with Crippen molar-refractivity contribution in [3.8, 4) is 11.8 Å². The van der Waals surface area contributed by atoms with Crippen LogP contribution < -0.4 is 0 Å². The molecular formula is C15H17NSi. The Balaban J connectivity index is 2.19. The van der Waals surface area contributed by atoms with Gasteiger partial charge in [-0.05, 0) is 24.1 Å². The minimum absolute atomic E-state index is 0.978. The van der Waals surface area contributed by atoms with Crippen LogP contribution in [0, 0.1) is 11.8 Å². The van der Waals surface area contributed by atoms with Crippen molar-refractivity contribution in [1.29, 1.82) is 0 Å². The summed E-state index contributed by atoms with van der Waals surface area (Å²) >= 11 is 0. The fraction of sp³-hybridized carbons (Fsp3) is 0.200. The topological polar surface area (TPSA) is 15.8 Å². The first kappa shape index (κ1) is 11.8. The van der Waals surface area contributed by atoms with Crippen LogP contribution in [0.2, 0.25) is 19.6 Å². The summed E-state index contributed by atoms with van der Waals surface area (Å²) in [6.07, 6.45) is 1.98.